The summed E-state index contributed by atoms with van der Waals surface area (Å²) < 4.78 is 31.6. The Morgan fingerprint density at radius 3 is 2.65 bits per heavy atom. The molecule has 138 valence electrons. The predicted octanol–water partition coefficient (Wildman–Crippen LogP) is 2.80. The van der Waals surface area contributed by atoms with Gasteiger partial charge in [0.05, 0.1) is 16.4 Å². The normalized spacial score (nSPS) is 11.6. The molecule has 3 aromatic rings. The number of rotatable bonds is 9. The Morgan fingerprint density at radius 1 is 1.15 bits per heavy atom. The molecule has 3 rings (SSSR count). The first kappa shape index (κ1) is 18.9. The highest BCUT2D eigenvalue weighted by Crippen LogP contribution is 2.29. The lowest BCUT2D eigenvalue weighted by Crippen LogP contribution is -2.27. The van der Waals surface area contributed by atoms with Crippen LogP contribution in [0, 0.1) is 0 Å². The van der Waals surface area contributed by atoms with E-state index in [9.17, 15) is 8.42 Å². The number of nitrogens with zero attached hydrogens (tertiary/aromatic N) is 2. The maximum Gasteiger partial charge on any atom is 0.240 e. The molecule has 0 saturated heterocycles. The van der Waals surface area contributed by atoms with Crippen LogP contribution < -0.4 is 10.0 Å². The number of nitrogens with one attached hydrogen (secondary N) is 2. The summed E-state index contributed by atoms with van der Waals surface area (Å²) in [6.45, 7) is 1.11. The van der Waals surface area contributed by atoms with Crippen LogP contribution in [-0.2, 0) is 21.3 Å². The molecule has 0 unspecified atom stereocenters. The van der Waals surface area contributed by atoms with Crippen LogP contribution in [0.2, 0.25) is 0 Å². The maximum absolute atomic E-state index is 12.1. The van der Waals surface area contributed by atoms with Gasteiger partial charge >= 0.3 is 0 Å². The minimum atomic E-state index is -3.51. The summed E-state index contributed by atoms with van der Waals surface area (Å²) in [5.41, 5.74) is 0.953. The van der Waals surface area contributed by atoms with Gasteiger partial charge in [-0.3, -0.25) is 0 Å². The molecule has 2 N–H and O–H groups in total. The molecule has 1 aromatic carbocycles. The smallest absolute Gasteiger partial charge is 0.240 e. The second-order valence-electron chi connectivity index (χ2n) is 5.28. The molecular weight excluding hydrogens is 392 g/mol. The predicted molar refractivity (Wildman–Crippen MR) is 104 cm³/mol. The molecule has 0 spiro atoms. The summed E-state index contributed by atoms with van der Waals surface area (Å²) in [4.78, 5) is 1.32. The van der Waals surface area contributed by atoms with E-state index >= 15 is 0 Å². The Bertz CT molecular complexity index is 922. The van der Waals surface area contributed by atoms with Crippen LogP contribution in [-0.4, -0.2) is 38.9 Å². The van der Waals surface area contributed by atoms with Crippen molar-refractivity contribution in [1.29, 1.82) is 0 Å². The van der Waals surface area contributed by atoms with Crippen molar-refractivity contribution in [3.8, 4) is 9.88 Å². The Hall–Kier alpha value is -1.85. The van der Waals surface area contributed by atoms with Crippen LogP contribution in [0.4, 0.5) is 5.13 Å². The molecule has 0 fully saturated rings. The van der Waals surface area contributed by atoms with Crippen LogP contribution >= 0.6 is 22.7 Å². The van der Waals surface area contributed by atoms with Gasteiger partial charge in [0.2, 0.25) is 15.2 Å². The fourth-order valence-electron chi connectivity index (χ4n) is 2.12. The Labute approximate surface area is 160 Å². The van der Waals surface area contributed by atoms with Gasteiger partial charge in [-0.25, -0.2) is 13.1 Å². The zero-order valence-electron chi connectivity index (χ0n) is 14.0. The summed E-state index contributed by atoms with van der Waals surface area (Å²) in [6, 6.07) is 10.7. The molecule has 2 aromatic heterocycles. The lowest BCUT2D eigenvalue weighted by molar-refractivity contribution is 0.204. The van der Waals surface area contributed by atoms with Gasteiger partial charge in [-0.05, 0) is 29.1 Å². The van der Waals surface area contributed by atoms with Crippen molar-refractivity contribution in [2.45, 2.75) is 11.4 Å². The molecule has 7 nitrogen and oxygen atoms in total. The van der Waals surface area contributed by atoms with Gasteiger partial charge < -0.3 is 10.1 Å². The molecular formula is C16H18N4O3S3. The largest absolute Gasteiger partial charge is 0.383 e. The third-order valence-corrected chi connectivity index (χ3v) is 6.83. The maximum atomic E-state index is 12.1. The standard InChI is InChI=1S/C16H18N4O3S3/c1-23-9-8-18-26(21,22)13-6-4-12(5-7-13)11-17-16-20-19-15(25-16)14-3-2-10-24-14/h2-7,10,18H,8-9,11H2,1H3,(H,17,20). The lowest BCUT2D eigenvalue weighted by Gasteiger charge is -2.07. The van der Waals surface area contributed by atoms with Gasteiger partial charge in [0.15, 0.2) is 5.01 Å². The molecule has 0 atom stereocenters. The average Bonchev–Trinajstić information content (AvgIpc) is 3.32. The van der Waals surface area contributed by atoms with E-state index < -0.39 is 10.0 Å². The van der Waals surface area contributed by atoms with Crippen LogP contribution in [0.25, 0.3) is 9.88 Å². The van der Waals surface area contributed by atoms with Gasteiger partial charge in [-0.15, -0.1) is 21.5 Å². The van der Waals surface area contributed by atoms with E-state index in [2.05, 4.69) is 20.2 Å². The van der Waals surface area contributed by atoms with Crippen molar-refractivity contribution < 1.29 is 13.2 Å². The fraction of sp³-hybridized carbons (Fsp3) is 0.250. The lowest BCUT2D eigenvalue weighted by atomic mass is 10.2. The summed E-state index contributed by atoms with van der Waals surface area (Å²) >= 11 is 3.11. The van der Waals surface area contributed by atoms with Crippen LogP contribution in [0.1, 0.15) is 5.56 Å². The number of hydrogen-bond donors (Lipinski definition) is 2. The molecule has 0 saturated carbocycles. The number of sulfonamides is 1. The summed E-state index contributed by atoms with van der Waals surface area (Å²) in [5, 5.41) is 15.1. The van der Waals surface area contributed by atoms with E-state index in [1.54, 1.807) is 35.6 Å². The SMILES string of the molecule is COCCNS(=O)(=O)c1ccc(CNc2nnc(-c3cccs3)s2)cc1. The van der Waals surface area contributed by atoms with Gasteiger partial charge in [-0.2, -0.15) is 0 Å². The number of ether oxygens (including phenoxy) is 1. The number of benzene rings is 1. The first-order valence-electron chi connectivity index (χ1n) is 7.77. The van der Waals surface area contributed by atoms with E-state index in [1.807, 2.05) is 17.5 Å². The molecule has 0 aliphatic carbocycles. The van der Waals surface area contributed by atoms with E-state index in [1.165, 1.54) is 18.4 Å². The third kappa shape index (κ3) is 4.86. The Kier molecular flexibility index (Phi) is 6.33. The first-order valence-corrected chi connectivity index (χ1v) is 11.0. The molecule has 0 aliphatic heterocycles. The minimum Gasteiger partial charge on any atom is -0.383 e. The Morgan fingerprint density at radius 2 is 1.96 bits per heavy atom. The number of thiophene rings is 1. The second kappa shape index (κ2) is 8.69. The third-order valence-electron chi connectivity index (χ3n) is 3.43. The topological polar surface area (TPSA) is 93.2 Å². The second-order valence-corrected chi connectivity index (χ2v) is 8.97. The summed E-state index contributed by atoms with van der Waals surface area (Å²) in [7, 11) is -1.98. The zero-order valence-corrected chi connectivity index (χ0v) is 16.5. The molecule has 26 heavy (non-hydrogen) atoms. The molecule has 10 heteroatoms. The first-order chi connectivity index (χ1) is 12.6. The van der Waals surface area contributed by atoms with Gasteiger partial charge in [0.1, 0.15) is 0 Å². The Balaban J connectivity index is 1.58. The van der Waals surface area contributed by atoms with E-state index in [0.717, 1.165) is 20.6 Å². The van der Waals surface area contributed by atoms with Gasteiger partial charge in [-0.1, -0.05) is 29.5 Å². The highest BCUT2D eigenvalue weighted by Gasteiger charge is 2.13. The number of methoxy groups -OCH3 is 1. The fourth-order valence-corrected chi connectivity index (χ4v) is 4.66. The van der Waals surface area contributed by atoms with Crippen molar-refractivity contribution in [1.82, 2.24) is 14.9 Å². The number of anilines is 1. The molecule has 0 amide bonds. The van der Waals surface area contributed by atoms with E-state index in [-0.39, 0.29) is 11.4 Å². The summed E-state index contributed by atoms with van der Waals surface area (Å²) in [5.74, 6) is 0. The van der Waals surface area contributed by atoms with Crippen molar-refractivity contribution in [2.24, 2.45) is 0 Å². The molecule has 0 radical (unpaired) electrons. The van der Waals surface area contributed by atoms with Gasteiger partial charge in [0, 0.05) is 20.2 Å². The van der Waals surface area contributed by atoms with E-state index in [4.69, 9.17) is 4.74 Å². The zero-order chi connectivity index (χ0) is 18.4. The molecule has 0 aliphatic rings. The van der Waals surface area contributed by atoms with Crippen LogP contribution in [0.15, 0.2) is 46.7 Å². The molecule has 0 bridgehead atoms. The van der Waals surface area contributed by atoms with Crippen molar-refractivity contribution >= 4 is 37.8 Å². The number of aromatic nitrogens is 2. The van der Waals surface area contributed by atoms with Crippen LogP contribution in [0.3, 0.4) is 0 Å². The average molecular weight is 411 g/mol. The summed E-state index contributed by atoms with van der Waals surface area (Å²) in [6.07, 6.45) is 0. The van der Waals surface area contributed by atoms with Crippen molar-refractivity contribution in [3.05, 3.63) is 47.3 Å². The highest BCUT2D eigenvalue weighted by atomic mass is 32.2. The number of hydrogen-bond acceptors (Lipinski definition) is 8. The minimum absolute atomic E-state index is 0.230. The quantitative estimate of drug-likeness (QED) is 0.527. The molecule has 2 heterocycles. The van der Waals surface area contributed by atoms with Crippen molar-refractivity contribution in [2.75, 3.05) is 25.6 Å². The van der Waals surface area contributed by atoms with Gasteiger partial charge in [0.25, 0.3) is 0 Å². The highest BCUT2D eigenvalue weighted by molar-refractivity contribution is 7.89. The van der Waals surface area contributed by atoms with Crippen molar-refractivity contribution in [3.63, 3.8) is 0 Å². The monoisotopic (exact) mass is 410 g/mol. The van der Waals surface area contributed by atoms with E-state index in [0.29, 0.717) is 13.2 Å². The van der Waals surface area contributed by atoms with Crippen LogP contribution in [0.5, 0.6) is 0 Å².